The van der Waals surface area contributed by atoms with Crippen LogP contribution in [0.3, 0.4) is 0 Å². The molecule has 38 heavy (non-hydrogen) atoms. The molecule has 1 aromatic heterocycles. The van der Waals surface area contributed by atoms with Crippen molar-refractivity contribution in [2.75, 3.05) is 49.1 Å². The van der Waals surface area contributed by atoms with Gasteiger partial charge in [0, 0.05) is 31.6 Å². The monoisotopic (exact) mass is 515 g/mol. The maximum absolute atomic E-state index is 16.4. The van der Waals surface area contributed by atoms with Crippen LogP contribution in [0.25, 0.3) is 10.9 Å². The Bertz CT molecular complexity index is 1310. The van der Waals surface area contributed by atoms with E-state index in [0.717, 1.165) is 76.0 Å². The predicted molar refractivity (Wildman–Crippen MR) is 150 cm³/mol. The average molecular weight is 516 g/mol. The second-order valence-electron chi connectivity index (χ2n) is 11.7. The quantitative estimate of drug-likeness (QED) is 0.433. The van der Waals surface area contributed by atoms with Gasteiger partial charge in [0.05, 0.1) is 11.2 Å². The van der Waals surface area contributed by atoms with Crippen molar-refractivity contribution in [2.45, 2.75) is 69.9 Å². The summed E-state index contributed by atoms with van der Waals surface area (Å²) in [7, 11) is 0. The molecule has 0 aliphatic carbocycles. The SMILES string of the molecule is Fc1c(N2CCc3ccccc3C2)ccc2c(N3CCCCCC3)nc(OCC34CCCN3CCC4)nc12. The first-order valence-electron chi connectivity index (χ1n) is 14.7. The van der Waals surface area contributed by atoms with Crippen molar-refractivity contribution < 1.29 is 9.13 Å². The number of nitrogens with zero attached hydrogens (tertiary/aromatic N) is 5. The molecule has 0 saturated carbocycles. The van der Waals surface area contributed by atoms with E-state index in [0.29, 0.717) is 30.4 Å². The molecule has 0 N–H and O–H groups in total. The molecule has 0 bridgehead atoms. The number of anilines is 2. The van der Waals surface area contributed by atoms with Crippen LogP contribution in [0.2, 0.25) is 0 Å². The minimum Gasteiger partial charge on any atom is -0.461 e. The predicted octanol–water partition coefficient (Wildman–Crippen LogP) is 5.72. The first-order valence-corrected chi connectivity index (χ1v) is 14.7. The zero-order valence-corrected chi connectivity index (χ0v) is 22.3. The minimum atomic E-state index is -0.258. The highest BCUT2D eigenvalue weighted by Gasteiger charge is 2.45. The van der Waals surface area contributed by atoms with E-state index in [-0.39, 0.29) is 11.4 Å². The number of fused-ring (bicyclic) bond motifs is 3. The molecule has 0 unspecified atom stereocenters. The molecule has 7 rings (SSSR count). The van der Waals surface area contributed by atoms with Gasteiger partial charge in [0.1, 0.15) is 17.9 Å². The Morgan fingerprint density at radius 3 is 2.34 bits per heavy atom. The van der Waals surface area contributed by atoms with E-state index in [1.165, 1.54) is 36.8 Å². The van der Waals surface area contributed by atoms with E-state index in [1.807, 2.05) is 12.1 Å². The number of halogens is 1. The van der Waals surface area contributed by atoms with Crippen LogP contribution in [0.4, 0.5) is 15.9 Å². The zero-order chi connectivity index (χ0) is 25.5. The van der Waals surface area contributed by atoms with Crippen LogP contribution < -0.4 is 14.5 Å². The first kappa shape index (κ1) is 24.1. The highest BCUT2D eigenvalue weighted by Crippen LogP contribution is 2.40. The molecular weight excluding hydrogens is 477 g/mol. The highest BCUT2D eigenvalue weighted by atomic mass is 19.1. The fourth-order valence-electron chi connectivity index (χ4n) is 7.31. The highest BCUT2D eigenvalue weighted by molar-refractivity contribution is 5.92. The van der Waals surface area contributed by atoms with Crippen molar-refractivity contribution >= 4 is 22.4 Å². The molecule has 3 aromatic rings. The van der Waals surface area contributed by atoms with Gasteiger partial charge in [-0.3, -0.25) is 4.90 Å². The Kier molecular flexibility index (Phi) is 6.35. The van der Waals surface area contributed by atoms with Gasteiger partial charge in [0.2, 0.25) is 0 Å². The molecule has 4 aliphatic heterocycles. The van der Waals surface area contributed by atoms with Crippen LogP contribution in [0, 0.1) is 5.82 Å². The number of aromatic nitrogens is 2. The third kappa shape index (κ3) is 4.29. The van der Waals surface area contributed by atoms with Crippen molar-refractivity contribution in [1.29, 1.82) is 0 Å². The summed E-state index contributed by atoms with van der Waals surface area (Å²) in [6.45, 7) is 6.28. The number of hydrogen-bond acceptors (Lipinski definition) is 6. The lowest BCUT2D eigenvalue weighted by atomic mass is 9.95. The van der Waals surface area contributed by atoms with Crippen LogP contribution in [0.1, 0.15) is 62.5 Å². The summed E-state index contributed by atoms with van der Waals surface area (Å²) in [5, 5.41) is 0.791. The summed E-state index contributed by atoms with van der Waals surface area (Å²) in [6, 6.07) is 12.8. The fourth-order valence-corrected chi connectivity index (χ4v) is 7.31. The van der Waals surface area contributed by atoms with Crippen LogP contribution in [-0.4, -0.2) is 59.7 Å². The Balaban J connectivity index is 1.26. The third-order valence-electron chi connectivity index (χ3n) is 9.40. The zero-order valence-electron chi connectivity index (χ0n) is 22.3. The topological polar surface area (TPSA) is 44.7 Å². The lowest BCUT2D eigenvalue weighted by Crippen LogP contribution is -2.43. The van der Waals surface area contributed by atoms with Crippen LogP contribution in [0.15, 0.2) is 36.4 Å². The Hall–Kier alpha value is -2.93. The molecule has 0 spiro atoms. The summed E-state index contributed by atoms with van der Waals surface area (Å²) in [5.41, 5.74) is 3.74. The number of ether oxygens (including phenoxy) is 1. The molecule has 4 aliphatic rings. The van der Waals surface area contributed by atoms with Gasteiger partial charge in [-0.2, -0.15) is 9.97 Å². The molecule has 3 saturated heterocycles. The van der Waals surface area contributed by atoms with Crippen molar-refractivity contribution in [1.82, 2.24) is 14.9 Å². The lowest BCUT2D eigenvalue weighted by Gasteiger charge is -2.32. The maximum Gasteiger partial charge on any atom is 0.319 e. The Labute approximate surface area is 224 Å². The molecular formula is C31H38FN5O. The minimum absolute atomic E-state index is 0.0999. The molecule has 2 aromatic carbocycles. The van der Waals surface area contributed by atoms with Crippen molar-refractivity contribution in [3.63, 3.8) is 0 Å². The second-order valence-corrected chi connectivity index (χ2v) is 11.7. The largest absolute Gasteiger partial charge is 0.461 e. The van der Waals surface area contributed by atoms with Crippen LogP contribution in [0.5, 0.6) is 6.01 Å². The average Bonchev–Trinajstić information content (AvgIpc) is 3.41. The molecule has 0 radical (unpaired) electrons. The summed E-state index contributed by atoms with van der Waals surface area (Å²) in [6.07, 6.45) is 10.4. The molecule has 200 valence electrons. The standard InChI is InChI=1S/C31H38FN5O/c32-27-26(36-20-13-23-9-3-4-10-24(23)21-36)12-11-25-28(27)33-30(34-29(25)35-16-5-1-2-6-17-35)38-22-31-14-7-18-37(31)19-8-15-31/h3-4,9-12H,1-2,5-8,13-22H2. The molecule has 6 nitrogen and oxygen atoms in total. The molecule has 0 amide bonds. The van der Waals surface area contributed by atoms with E-state index in [1.54, 1.807) is 0 Å². The van der Waals surface area contributed by atoms with E-state index in [2.05, 4.69) is 39.0 Å². The molecule has 3 fully saturated rings. The van der Waals surface area contributed by atoms with Crippen LogP contribution >= 0.6 is 0 Å². The van der Waals surface area contributed by atoms with E-state index in [9.17, 15) is 0 Å². The van der Waals surface area contributed by atoms with Gasteiger partial charge < -0.3 is 14.5 Å². The van der Waals surface area contributed by atoms with Gasteiger partial charge in [0.15, 0.2) is 5.82 Å². The van der Waals surface area contributed by atoms with E-state index >= 15 is 4.39 Å². The van der Waals surface area contributed by atoms with Crippen molar-refractivity contribution in [2.24, 2.45) is 0 Å². The molecule has 7 heteroatoms. The summed E-state index contributed by atoms with van der Waals surface area (Å²) >= 11 is 0. The first-order chi connectivity index (χ1) is 18.7. The third-order valence-corrected chi connectivity index (χ3v) is 9.40. The molecule has 0 atom stereocenters. The van der Waals surface area contributed by atoms with Gasteiger partial charge in [-0.05, 0) is 81.3 Å². The van der Waals surface area contributed by atoms with Gasteiger partial charge >= 0.3 is 6.01 Å². The number of rotatable bonds is 5. The lowest BCUT2D eigenvalue weighted by molar-refractivity contribution is 0.108. The van der Waals surface area contributed by atoms with Crippen LogP contribution in [-0.2, 0) is 13.0 Å². The van der Waals surface area contributed by atoms with Crippen molar-refractivity contribution in [3.05, 3.63) is 53.3 Å². The maximum atomic E-state index is 16.4. The Morgan fingerprint density at radius 1 is 0.789 bits per heavy atom. The summed E-state index contributed by atoms with van der Waals surface area (Å²) in [5.74, 6) is 0.570. The van der Waals surface area contributed by atoms with E-state index in [4.69, 9.17) is 14.7 Å². The van der Waals surface area contributed by atoms with Gasteiger partial charge in [0.25, 0.3) is 0 Å². The fraction of sp³-hybridized carbons (Fsp3) is 0.548. The molecule has 5 heterocycles. The normalized spacial score (nSPS) is 21.4. The van der Waals surface area contributed by atoms with Gasteiger partial charge in [-0.1, -0.05) is 37.1 Å². The summed E-state index contributed by atoms with van der Waals surface area (Å²) in [4.78, 5) is 16.8. The van der Waals surface area contributed by atoms with Crippen molar-refractivity contribution in [3.8, 4) is 6.01 Å². The summed E-state index contributed by atoms with van der Waals surface area (Å²) < 4.78 is 22.8. The smallest absolute Gasteiger partial charge is 0.319 e. The second kappa shape index (κ2) is 9.99. The van der Waals surface area contributed by atoms with E-state index < -0.39 is 0 Å². The number of benzene rings is 2. The Morgan fingerprint density at radius 2 is 1.55 bits per heavy atom. The van der Waals surface area contributed by atoms with Gasteiger partial charge in [-0.25, -0.2) is 4.39 Å². The van der Waals surface area contributed by atoms with Gasteiger partial charge in [-0.15, -0.1) is 0 Å². The number of hydrogen-bond donors (Lipinski definition) is 0.